The number of hydrogen-bond donors (Lipinski definition) is 0. The summed E-state index contributed by atoms with van der Waals surface area (Å²) in [6.07, 6.45) is 0. The highest BCUT2D eigenvalue weighted by atomic mass is 35.9. The van der Waals surface area contributed by atoms with Crippen molar-refractivity contribution < 1.29 is 4.57 Å². The van der Waals surface area contributed by atoms with E-state index >= 15 is 0 Å². The van der Waals surface area contributed by atoms with Crippen molar-refractivity contribution in [2.24, 2.45) is 0 Å². The van der Waals surface area contributed by atoms with Crippen molar-refractivity contribution in [3.8, 4) is 0 Å². The van der Waals surface area contributed by atoms with Crippen LogP contribution in [0.2, 0.25) is 0 Å². The summed E-state index contributed by atoms with van der Waals surface area (Å²) in [5, 5.41) is 0. The van der Waals surface area contributed by atoms with Crippen LogP contribution in [0, 0.1) is 0 Å². The molecule has 0 atom stereocenters. The minimum Gasteiger partial charge on any atom is -0.271 e. The Balaban J connectivity index is 3.99. The predicted molar refractivity (Wildman–Crippen MR) is 52.3 cm³/mol. The second kappa shape index (κ2) is 5.90. The van der Waals surface area contributed by atoms with Crippen molar-refractivity contribution in [2.45, 2.75) is 0 Å². The van der Waals surface area contributed by atoms with Crippen molar-refractivity contribution in [3.63, 3.8) is 0 Å². The maximum absolute atomic E-state index is 11.0. The molecule has 0 bridgehead atoms. The van der Waals surface area contributed by atoms with Gasteiger partial charge in [-0.25, -0.2) is 4.67 Å². The number of rotatable bonds is 5. The topological polar surface area (TPSA) is 20.3 Å². The molecule has 0 aromatic heterocycles. The molecule has 0 saturated heterocycles. The Hall–Kier alpha value is 1.35. The summed E-state index contributed by atoms with van der Waals surface area (Å²) < 4.78 is 12.4. The van der Waals surface area contributed by atoms with Crippen LogP contribution in [-0.2, 0) is 4.57 Å². The maximum atomic E-state index is 11.0. The summed E-state index contributed by atoms with van der Waals surface area (Å²) in [7, 11) is 0. The minimum atomic E-state index is -3.20. The van der Waals surface area contributed by atoms with Crippen LogP contribution in [0.3, 0.4) is 0 Å². The smallest absolute Gasteiger partial charge is 0.271 e. The van der Waals surface area contributed by atoms with Crippen LogP contribution in [0.15, 0.2) is 0 Å². The summed E-state index contributed by atoms with van der Waals surface area (Å²) in [6.45, 7) is 0.775. The van der Waals surface area contributed by atoms with Gasteiger partial charge in [-0.05, 0) is 22.5 Å². The van der Waals surface area contributed by atoms with E-state index < -0.39 is 6.00 Å². The van der Waals surface area contributed by atoms with E-state index in [-0.39, 0.29) is 0 Å². The fourth-order valence-corrected chi connectivity index (χ4v) is 2.76. The molecular formula is C4H8Cl4NOP. The number of hydrogen-bond acceptors (Lipinski definition) is 1. The average Bonchev–Trinajstić information content (AvgIpc) is 1.85. The molecule has 11 heavy (non-hydrogen) atoms. The van der Waals surface area contributed by atoms with Crippen molar-refractivity contribution in [1.82, 2.24) is 4.67 Å². The molecule has 0 saturated carbocycles. The molecule has 0 radical (unpaired) electrons. The highest BCUT2D eigenvalue weighted by Crippen LogP contribution is 2.59. The fraction of sp³-hybridized carbons (Fsp3) is 1.00. The van der Waals surface area contributed by atoms with Crippen LogP contribution in [0.25, 0.3) is 0 Å². The molecule has 0 aromatic rings. The Kier molecular flexibility index (Phi) is 6.63. The first kappa shape index (κ1) is 12.3. The molecule has 0 aliphatic rings. The Morgan fingerprint density at radius 2 is 1.45 bits per heavy atom. The second-order valence-electron chi connectivity index (χ2n) is 1.77. The van der Waals surface area contributed by atoms with Crippen LogP contribution in [0.5, 0.6) is 0 Å². The summed E-state index contributed by atoms with van der Waals surface area (Å²) >= 11 is 21.6. The predicted octanol–water partition coefficient (Wildman–Crippen LogP) is 3.35. The van der Waals surface area contributed by atoms with Crippen LogP contribution in [-0.4, -0.2) is 29.5 Å². The van der Waals surface area contributed by atoms with Gasteiger partial charge in [-0.2, -0.15) is 0 Å². The maximum Gasteiger partial charge on any atom is 0.322 e. The van der Waals surface area contributed by atoms with Gasteiger partial charge in [-0.15, -0.1) is 23.2 Å². The van der Waals surface area contributed by atoms with Gasteiger partial charge in [0.1, 0.15) is 0 Å². The van der Waals surface area contributed by atoms with Gasteiger partial charge in [0.05, 0.1) is 0 Å². The highest BCUT2D eigenvalue weighted by molar-refractivity contribution is 8.06. The molecule has 0 aliphatic carbocycles. The lowest BCUT2D eigenvalue weighted by Gasteiger charge is -2.19. The van der Waals surface area contributed by atoms with E-state index in [1.807, 2.05) is 0 Å². The van der Waals surface area contributed by atoms with E-state index in [0.717, 1.165) is 0 Å². The molecule has 68 valence electrons. The van der Waals surface area contributed by atoms with E-state index in [9.17, 15) is 4.57 Å². The van der Waals surface area contributed by atoms with Gasteiger partial charge in [0, 0.05) is 24.8 Å². The third-order valence-electron chi connectivity index (χ3n) is 1.01. The Bertz CT molecular complexity index is 143. The first-order valence-corrected chi connectivity index (χ1v) is 7.43. The number of alkyl halides is 2. The third-order valence-corrected chi connectivity index (χ3v) is 3.69. The van der Waals surface area contributed by atoms with E-state index in [2.05, 4.69) is 0 Å². The van der Waals surface area contributed by atoms with Gasteiger partial charge in [0.15, 0.2) is 0 Å². The summed E-state index contributed by atoms with van der Waals surface area (Å²) in [5.41, 5.74) is 0. The lowest BCUT2D eigenvalue weighted by Crippen LogP contribution is -2.21. The Morgan fingerprint density at radius 3 is 1.64 bits per heavy atom. The monoisotopic (exact) mass is 257 g/mol. The van der Waals surface area contributed by atoms with E-state index in [1.54, 1.807) is 0 Å². The molecule has 0 rings (SSSR count). The van der Waals surface area contributed by atoms with Gasteiger partial charge in [0.25, 0.3) is 0 Å². The summed E-state index contributed by atoms with van der Waals surface area (Å²) in [4.78, 5) is 0. The zero-order chi connectivity index (χ0) is 8.91. The Morgan fingerprint density at radius 1 is 1.09 bits per heavy atom. The average molecular weight is 259 g/mol. The van der Waals surface area contributed by atoms with E-state index in [4.69, 9.17) is 45.7 Å². The molecule has 0 amide bonds. The molecule has 2 nitrogen and oxygen atoms in total. The molecule has 0 fully saturated rings. The third kappa shape index (κ3) is 5.57. The van der Waals surface area contributed by atoms with Gasteiger partial charge in [0.2, 0.25) is 0 Å². The molecule has 0 aliphatic heterocycles. The molecule has 0 aromatic carbocycles. The summed E-state index contributed by atoms with van der Waals surface area (Å²) in [5.74, 6) is -2.53. The van der Waals surface area contributed by atoms with Gasteiger partial charge < -0.3 is 0 Å². The van der Waals surface area contributed by atoms with Crippen LogP contribution >= 0.6 is 51.7 Å². The SMILES string of the molecule is O=P(Cl)(Cl)N(CCCl)CCCl. The Labute approximate surface area is 85.7 Å². The van der Waals surface area contributed by atoms with Crippen LogP contribution in [0.4, 0.5) is 0 Å². The van der Waals surface area contributed by atoms with Crippen LogP contribution in [0.1, 0.15) is 0 Å². The molecule has 0 heterocycles. The molecule has 0 spiro atoms. The lowest BCUT2D eigenvalue weighted by atomic mass is 10.7. The molecule has 7 heteroatoms. The second-order valence-corrected chi connectivity index (χ2v) is 7.23. The minimum absolute atomic E-state index is 0.334. The molecule has 0 N–H and O–H groups in total. The summed E-state index contributed by atoms with van der Waals surface area (Å²) in [6, 6.07) is 0. The van der Waals surface area contributed by atoms with Gasteiger partial charge >= 0.3 is 6.00 Å². The molecular weight excluding hydrogens is 251 g/mol. The highest BCUT2D eigenvalue weighted by Gasteiger charge is 2.23. The lowest BCUT2D eigenvalue weighted by molar-refractivity contribution is 0.470. The quantitative estimate of drug-likeness (QED) is 0.557. The van der Waals surface area contributed by atoms with Crippen molar-refractivity contribution >= 4 is 51.7 Å². The van der Waals surface area contributed by atoms with Crippen molar-refractivity contribution in [3.05, 3.63) is 0 Å². The van der Waals surface area contributed by atoms with Crippen molar-refractivity contribution in [1.29, 1.82) is 0 Å². The van der Waals surface area contributed by atoms with E-state index in [0.29, 0.717) is 24.8 Å². The first-order chi connectivity index (χ1) is 5.02. The fourth-order valence-electron chi connectivity index (χ4n) is 0.540. The largest absolute Gasteiger partial charge is 0.322 e. The van der Waals surface area contributed by atoms with E-state index in [1.165, 1.54) is 4.67 Å². The van der Waals surface area contributed by atoms with Crippen molar-refractivity contribution in [2.75, 3.05) is 24.8 Å². The number of nitrogens with zero attached hydrogens (tertiary/aromatic N) is 1. The molecule has 0 unspecified atom stereocenters. The first-order valence-electron chi connectivity index (χ1n) is 2.89. The van der Waals surface area contributed by atoms with Gasteiger partial charge in [-0.3, -0.25) is 4.57 Å². The zero-order valence-electron chi connectivity index (χ0n) is 5.64. The van der Waals surface area contributed by atoms with Gasteiger partial charge in [-0.1, -0.05) is 0 Å². The number of halogens is 4. The zero-order valence-corrected chi connectivity index (χ0v) is 9.56. The normalized spacial score (nSPS) is 12.5. The van der Waals surface area contributed by atoms with Crippen LogP contribution < -0.4 is 0 Å². The standard InChI is InChI=1S/C4H8Cl4NOP/c5-1-3-9(4-2-6)11(7,8)10/h1-4H2.